The molecule has 0 fully saturated rings. The summed E-state index contributed by atoms with van der Waals surface area (Å²) in [5, 5.41) is 6.50. The van der Waals surface area contributed by atoms with Gasteiger partial charge in [-0.2, -0.15) is 5.10 Å². The van der Waals surface area contributed by atoms with Gasteiger partial charge in [0.25, 0.3) is 5.56 Å². The zero-order valence-electron chi connectivity index (χ0n) is 16.4. The Hall–Kier alpha value is -3.56. The summed E-state index contributed by atoms with van der Waals surface area (Å²) in [5.41, 5.74) is 0.445. The van der Waals surface area contributed by atoms with E-state index < -0.39 is 35.5 Å². The summed E-state index contributed by atoms with van der Waals surface area (Å²) in [6.07, 6.45) is 1.96. The molecule has 0 atom stereocenters. The van der Waals surface area contributed by atoms with Crippen LogP contribution in [0.15, 0.2) is 35.5 Å². The number of carbonyl (C=O) groups is 1. The van der Waals surface area contributed by atoms with Gasteiger partial charge >= 0.3 is 0 Å². The highest BCUT2D eigenvalue weighted by molar-refractivity contribution is 5.89. The third kappa shape index (κ3) is 4.37. The van der Waals surface area contributed by atoms with E-state index in [1.165, 1.54) is 6.92 Å². The van der Waals surface area contributed by atoms with E-state index in [0.717, 1.165) is 35.4 Å². The van der Waals surface area contributed by atoms with E-state index in [9.17, 15) is 22.8 Å². The fourth-order valence-electron chi connectivity index (χ4n) is 3.00. The molecule has 0 saturated heterocycles. The lowest BCUT2D eigenvalue weighted by molar-refractivity contribution is -0.117. The number of hydrogen-bond donors (Lipinski definition) is 1. The van der Waals surface area contributed by atoms with Gasteiger partial charge in [-0.25, -0.2) is 27.8 Å². The molecule has 10 heteroatoms. The van der Waals surface area contributed by atoms with E-state index in [1.807, 2.05) is 0 Å². The Morgan fingerprint density at radius 1 is 1.17 bits per heavy atom. The van der Waals surface area contributed by atoms with Crippen molar-refractivity contribution in [3.8, 4) is 11.1 Å². The molecule has 0 radical (unpaired) electrons. The number of amides is 1. The summed E-state index contributed by atoms with van der Waals surface area (Å²) in [4.78, 5) is 32.2. The van der Waals surface area contributed by atoms with Crippen molar-refractivity contribution in [2.45, 2.75) is 33.2 Å². The van der Waals surface area contributed by atoms with Crippen LogP contribution in [0.1, 0.15) is 31.0 Å². The number of hydrogen-bond acceptors (Lipinski definition) is 5. The minimum Gasteiger partial charge on any atom is -0.307 e. The molecule has 1 amide bonds. The van der Waals surface area contributed by atoms with Crippen molar-refractivity contribution in [2.24, 2.45) is 0 Å². The number of benzene rings is 1. The SMILES string of the molecule is Cc1c(-c2cc(F)cc(F)c2)c(C(C)C)nn(CC(=O)Nc2ncncc2F)c1=O. The maximum Gasteiger partial charge on any atom is 0.270 e. The molecule has 2 aromatic heterocycles. The molecule has 0 saturated carbocycles. The van der Waals surface area contributed by atoms with Crippen LogP contribution in [0, 0.1) is 24.4 Å². The summed E-state index contributed by atoms with van der Waals surface area (Å²) in [6.45, 7) is 4.59. The van der Waals surface area contributed by atoms with Crippen LogP contribution in [0.5, 0.6) is 0 Å². The van der Waals surface area contributed by atoms with Crippen molar-refractivity contribution in [2.75, 3.05) is 5.32 Å². The highest BCUT2D eigenvalue weighted by Crippen LogP contribution is 2.30. The van der Waals surface area contributed by atoms with E-state index in [4.69, 9.17) is 0 Å². The molecule has 7 nitrogen and oxygen atoms in total. The average molecular weight is 417 g/mol. The molecule has 3 aromatic rings. The van der Waals surface area contributed by atoms with E-state index >= 15 is 0 Å². The van der Waals surface area contributed by atoms with Gasteiger partial charge in [-0.3, -0.25) is 9.59 Å². The molecule has 0 aliphatic carbocycles. The maximum atomic E-state index is 13.7. The standard InChI is InChI=1S/C20H18F3N5O2/c1-10(2)18-17(12-4-13(21)6-14(22)5-12)11(3)20(30)28(27-18)8-16(29)26-19-15(23)7-24-9-25-19/h4-7,9-10H,8H2,1-3H3,(H,24,25,26,29). The van der Waals surface area contributed by atoms with Crippen molar-refractivity contribution in [3.05, 3.63) is 69.8 Å². The molecular weight excluding hydrogens is 399 g/mol. The molecule has 0 unspecified atom stereocenters. The lowest BCUT2D eigenvalue weighted by atomic mass is 9.94. The highest BCUT2D eigenvalue weighted by Gasteiger charge is 2.21. The first-order valence-electron chi connectivity index (χ1n) is 9.00. The van der Waals surface area contributed by atoms with E-state index in [2.05, 4.69) is 20.4 Å². The molecule has 30 heavy (non-hydrogen) atoms. The number of aromatic nitrogens is 4. The zero-order valence-corrected chi connectivity index (χ0v) is 16.4. The van der Waals surface area contributed by atoms with Crippen LogP contribution in [0.25, 0.3) is 11.1 Å². The first-order chi connectivity index (χ1) is 14.2. The molecular formula is C20H18F3N5O2. The maximum absolute atomic E-state index is 13.7. The van der Waals surface area contributed by atoms with Gasteiger partial charge in [-0.1, -0.05) is 13.8 Å². The van der Waals surface area contributed by atoms with Crippen molar-refractivity contribution < 1.29 is 18.0 Å². The molecule has 3 rings (SSSR count). The van der Waals surface area contributed by atoms with Crippen LogP contribution < -0.4 is 10.9 Å². The van der Waals surface area contributed by atoms with Crippen molar-refractivity contribution in [3.63, 3.8) is 0 Å². The van der Waals surface area contributed by atoms with Gasteiger partial charge in [0.2, 0.25) is 5.91 Å². The van der Waals surface area contributed by atoms with E-state index in [-0.39, 0.29) is 22.9 Å². The normalized spacial score (nSPS) is 11.0. The van der Waals surface area contributed by atoms with Crippen molar-refractivity contribution in [1.29, 1.82) is 0 Å². The number of nitrogens with zero attached hydrogens (tertiary/aromatic N) is 4. The highest BCUT2D eigenvalue weighted by atomic mass is 19.1. The largest absolute Gasteiger partial charge is 0.307 e. The second-order valence-electron chi connectivity index (χ2n) is 6.93. The second kappa shape index (κ2) is 8.44. The summed E-state index contributed by atoms with van der Waals surface area (Å²) >= 11 is 0. The fraction of sp³-hybridized carbons (Fsp3) is 0.250. The van der Waals surface area contributed by atoms with Gasteiger partial charge in [-0.05, 0) is 30.5 Å². The third-order valence-electron chi connectivity index (χ3n) is 4.33. The quantitative estimate of drug-likeness (QED) is 0.689. The molecule has 0 aliphatic rings. The van der Waals surface area contributed by atoms with Gasteiger partial charge in [0.1, 0.15) is 24.5 Å². The minimum atomic E-state index is -0.825. The van der Waals surface area contributed by atoms with Crippen molar-refractivity contribution >= 4 is 11.7 Å². The number of carbonyl (C=O) groups excluding carboxylic acids is 1. The Morgan fingerprint density at radius 2 is 1.83 bits per heavy atom. The van der Waals surface area contributed by atoms with Crippen LogP contribution >= 0.6 is 0 Å². The smallest absolute Gasteiger partial charge is 0.270 e. The Bertz CT molecular complexity index is 1160. The molecule has 1 N–H and O–H groups in total. The first-order valence-corrected chi connectivity index (χ1v) is 9.00. The Labute approximate surface area is 169 Å². The van der Waals surface area contributed by atoms with E-state index in [1.54, 1.807) is 13.8 Å². The van der Waals surface area contributed by atoms with Gasteiger partial charge < -0.3 is 5.32 Å². The molecule has 156 valence electrons. The summed E-state index contributed by atoms with van der Waals surface area (Å²) < 4.78 is 42.0. The van der Waals surface area contributed by atoms with Crippen LogP contribution in [0.2, 0.25) is 0 Å². The number of rotatable bonds is 5. The lowest BCUT2D eigenvalue weighted by Crippen LogP contribution is -2.33. The summed E-state index contributed by atoms with van der Waals surface area (Å²) in [7, 11) is 0. The Morgan fingerprint density at radius 3 is 2.43 bits per heavy atom. The van der Waals surface area contributed by atoms with E-state index in [0.29, 0.717) is 11.3 Å². The lowest BCUT2D eigenvalue weighted by Gasteiger charge is -2.17. The van der Waals surface area contributed by atoms with Gasteiger partial charge in [0, 0.05) is 17.2 Å². The monoisotopic (exact) mass is 417 g/mol. The zero-order chi connectivity index (χ0) is 22.0. The molecule has 2 heterocycles. The molecule has 0 aliphatic heterocycles. The number of anilines is 1. The average Bonchev–Trinajstić information content (AvgIpc) is 2.66. The molecule has 0 spiro atoms. The minimum absolute atomic E-state index is 0.179. The van der Waals surface area contributed by atoms with Crippen LogP contribution in [0.3, 0.4) is 0 Å². The molecule has 1 aromatic carbocycles. The molecule has 0 bridgehead atoms. The fourth-order valence-corrected chi connectivity index (χ4v) is 3.00. The predicted octanol–water partition coefficient (Wildman–Crippen LogP) is 3.19. The topological polar surface area (TPSA) is 89.8 Å². The summed E-state index contributed by atoms with van der Waals surface area (Å²) in [5.74, 6) is -3.66. The van der Waals surface area contributed by atoms with Crippen molar-refractivity contribution in [1.82, 2.24) is 19.7 Å². The van der Waals surface area contributed by atoms with Gasteiger partial charge in [-0.15, -0.1) is 0 Å². The Kier molecular flexibility index (Phi) is 5.95. The number of nitrogens with one attached hydrogen (secondary N) is 1. The second-order valence-corrected chi connectivity index (χ2v) is 6.93. The Balaban J connectivity index is 2.02. The third-order valence-corrected chi connectivity index (χ3v) is 4.33. The van der Waals surface area contributed by atoms with Crippen LogP contribution in [-0.2, 0) is 11.3 Å². The summed E-state index contributed by atoms with van der Waals surface area (Å²) in [6, 6.07) is 2.97. The van der Waals surface area contributed by atoms with Crippen LogP contribution in [-0.4, -0.2) is 25.7 Å². The van der Waals surface area contributed by atoms with Crippen LogP contribution in [0.4, 0.5) is 19.0 Å². The first kappa shape index (κ1) is 21.2. The van der Waals surface area contributed by atoms with Gasteiger partial charge in [0.05, 0.1) is 11.9 Å². The predicted molar refractivity (Wildman–Crippen MR) is 103 cm³/mol. The van der Waals surface area contributed by atoms with Gasteiger partial charge in [0.15, 0.2) is 11.6 Å². The number of halogens is 3.